The number of aliphatic carboxylic acids is 1. The second kappa shape index (κ2) is 12.9. The summed E-state index contributed by atoms with van der Waals surface area (Å²) in [6, 6.07) is 3.20. The molecule has 0 saturated carbocycles. The van der Waals surface area contributed by atoms with Gasteiger partial charge in [0.05, 0.1) is 24.7 Å². The van der Waals surface area contributed by atoms with E-state index >= 15 is 0 Å². The Morgan fingerprint density at radius 2 is 2.07 bits per heavy atom. The summed E-state index contributed by atoms with van der Waals surface area (Å²) < 4.78 is 31.7. The normalized spacial score (nSPS) is 18.8. The molecule has 4 rings (SSSR count). The van der Waals surface area contributed by atoms with Crippen LogP contribution in [0, 0.1) is 0 Å². The van der Waals surface area contributed by atoms with Gasteiger partial charge in [-0.25, -0.2) is 18.2 Å². The molecule has 0 bridgehead atoms. The highest BCUT2D eigenvalue weighted by atomic mass is 32.2. The van der Waals surface area contributed by atoms with Crippen molar-refractivity contribution in [3.63, 3.8) is 0 Å². The number of carbonyl (C=O) groups excluding carboxylic acids is 2. The Bertz CT molecular complexity index is 1560. The van der Waals surface area contributed by atoms with Gasteiger partial charge in [0.1, 0.15) is 35.7 Å². The number of carbonyl (C=O) groups is 3. The number of thiazole rings is 1. The average Bonchev–Trinajstić information content (AvgIpc) is 3.36. The van der Waals surface area contributed by atoms with Gasteiger partial charge in [0.15, 0.2) is 10.8 Å². The molecule has 1 unspecified atom stereocenters. The molecule has 2 atom stereocenters. The van der Waals surface area contributed by atoms with Gasteiger partial charge in [-0.05, 0) is 23.3 Å². The van der Waals surface area contributed by atoms with Crippen molar-refractivity contribution in [1.29, 1.82) is 0 Å². The second-order valence-electron chi connectivity index (χ2n) is 8.87. The number of hydrogen-bond acceptors (Lipinski definition) is 14. The van der Waals surface area contributed by atoms with Crippen LogP contribution in [0.5, 0.6) is 5.75 Å². The Kier molecular flexibility index (Phi) is 9.57. The minimum absolute atomic E-state index is 0.0212. The van der Waals surface area contributed by atoms with Crippen molar-refractivity contribution in [1.82, 2.24) is 15.2 Å². The lowest BCUT2D eigenvalue weighted by Gasteiger charge is -2.49. The average molecular weight is 642 g/mol. The number of hydrogen-bond donors (Lipinski definition) is 6. The van der Waals surface area contributed by atoms with E-state index in [0.717, 1.165) is 16.2 Å². The van der Waals surface area contributed by atoms with E-state index in [0.29, 0.717) is 11.1 Å². The number of fused-ring (bicyclic) bond motifs is 1. The highest BCUT2D eigenvalue weighted by molar-refractivity contribution is 8.00. The minimum Gasteiger partial charge on any atom is -0.506 e. The van der Waals surface area contributed by atoms with E-state index in [1.165, 1.54) is 42.5 Å². The first-order valence-corrected chi connectivity index (χ1v) is 15.7. The molecule has 226 valence electrons. The number of sulfonamides is 1. The molecule has 1 saturated heterocycles. The molecule has 8 N–H and O–H groups in total. The molecule has 16 nitrogen and oxygen atoms in total. The van der Waals surface area contributed by atoms with E-state index in [9.17, 15) is 33.0 Å². The van der Waals surface area contributed by atoms with Crippen molar-refractivity contribution in [3.05, 3.63) is 46.1 Å². The minimum atomic E-state index is -3.71. The second-order valence-corrected chi connectivity index (χ2v) is 12.7. The lowest BCUT2D eigenvalue weighted by Crippen LogP contribution is -2.71. The van der Waals surface area contributed by atoms with Gasteiger partial charge in [-0.2, -0.15) is 0 Å². The fourth-order valence-corrected chi connectivity index (χ4v) is 6.91. The van der Waals surface area contributed by atoms with E-state index in [1.54, 1.807) is 0 Å². The van der Waals surface area contributed by atoms with Crippen LogP contribution >= 0.6 is 23.1 Å². The fourth-order valence-electron chi connectivity index (χ4n) is 4.12. The van der Waals surface area contributed by atoms with Gasteiger partial charge in [-0.15, -0.1) is 23.1 Å². The van der Waals surface area contributed by atoms with Crippen LogP contribution in [0.15, 0.2) is 40.0 Å². The highest BCUT2D eigenvalue weighted by Gasteiger charge is 2.54. The summed E-state index contributed by atoms with van der Waals surface area (Å²) in [5.74, 6) is -3.12. The van der Waals surface area contributed by atoms with Crippen molar-refractivity contribution in [2.75, 3.05) is 42.2 Å². The summed E-state index contributed by atoms with van der Waals surface area (Å²) in [6.45, 7) is -0.256. The van der Waals surface area contributed by atoms with Crippen LogP contribution in [-0.4, -0.2) is 95.2 Å². The van der Waals surface area contributed by atoms with Crippen molar-refractivity contribution >= 4 is 67.4 Å². The van der Waals surface area contributed by atoms with Gasteiger partial charge in [-0.3, -0.25) is 19.2 Å². The van der Waals surface area contributed by atoms with Crippen LogP contribution in [-0.2, 0) is 40.6 Å². The Morgan fingerprint density at radius 3 is 2.69 bits per heavy atom. The summed E-state index contributed by atoms with van der Waals surface area (Å²) in [5, 5.41) is 27.4. The number of nitrogens with one attached hydrogen (secondary N) is 2. The summed E-state index contributed by atoms with van der Waals surface area (Å²) >= 11 is 2.34. The predicted octanol–water partition coefficient (Wildman–Crippen LogP) is -0.563. The quantitative estimate of drug-likeness (QED) is 0.0695. The maximum absolute atomic E-state index is 13.0. The third-order valence-corrected chi connectivity index (χ3v) is 9.28. The molecule has 1 aromatic carbocycles. The number of benzene rings is 1. The lowest BCUT2D eigenvalue weighted by molar-refractivity contribution is -0.150. The van der Waals surface area contributed by atoms with Gasteiger partial charge < -0.3 is 36.6 Å². The van der Waals surface area contributed by atoms with Crippen LogP contribution in [0.3, 0.4) is 0 Å². The van der Waals surface area contributed by atoms with Gasteiger partial charge in [0.25, 0.3) is 11.8 Å². The largest absolute Gasteiger partial charge is 0.506 e. The first-order chi connectivity index (χ1) is 20.0. The molecular formula is C23H27N7O9S3. The fraction of sp³-hybridized carbons (Fsp3) is 0.348. The van der Waals surface area contributed by atoms with Gasteiger partial charge in [0, 0.05) is 17.7 Å². The van der Waals surface area contributed by atoms with E-state index in [-0.39, 0.29) is 64.9 Å². The van der Waals surface area contributed by atoms with Crippen molar-refractivity contribution in [3.8, 4) is 5.75 Å². The number of rotatable bonds is 13. The van der Waals surface area contributed by atoms with E-state index in [2.05, 4.69) is 20.2 Å². The van der Waals surface area contributed by atoms with E-state index < -0.39 is 39.2 Å². The summed E-state index contributed by atoms with van der Waals surface area (Å²) in [5.41, 5.74) is 11.5. The number of phenols is 1. The van der Waals surface area contributed by atoms with Crippen LogP contribution in [0.1, 0.15) is 11.3 Å². The number of carboxylic acids is 1. The zero-order valence-corrected chi connectivity index (χ0v) is 24.4. The molecule has 19 heteroatoms. The number of β-lactam (4-membered cyclic amide) rings is 1. The molecule has 0 radical (unpaired) electrons. The number of ether oxygens (including phenoxy) is 1. The number of carboxylic acid groups (broad SMARTS) is 1. The zero-order chi connectivity index (χ0) is 30.6. The van der Waals surface area contributed by atoms with Crippen LogP contribution in [0.4, 0.5) is 10.8 Å². The molecule has 3 heterocycles. The number of thioether (sulfide) groups is 1. The number of nitrogen functional groups attached to an aromatic ring is 1. The van der Waals surface area contributed by atoms with Gasteiger partial charge in [-0.1, -0.05) is 11.2 Å². The molecule has 0 spiro atoms. The Hall–Kier alpha value is -3.91. The topological polar surface area (TPSA) is 249 Å². The third kappa shape index (κ3) is 6.76. The van der Waals surface area contributed by atoms with Crippen LogP contribution < -0.4 is 21.5 Å². The molecule has 0 aliphatic carbocycles. The number of amides is 2. The first kappa shape index (κ1) is 31.0. The Morgan fingerprint density at radius 1 is 1.31 bits per heavy atom. The Balaban J connectivity index is 1.40. The number of aromatic nitrogens is 1. The monoisotopic (exact) mass is 641 g/mol. The molecular weight excluding hydrogens is 614 g/mol. The first-order valence-electron chi connectivity index (χ1n) is 12.1. The molecule has 2 aromatic rings. The molecule has 1 fully saturated rings. The molecule has 42 heavy (non-hydrogen) atoms. The number of phenolic OH excluding ortho intramolecular Hbond substituents is 1. The summed E-state index contributed by atoms with van der Waals surface area (Å²) in [6.07, 6.45) is 0. The lowest BCUT2D eigenvalue weighted by atomic mass is 10.0. The van der Waals surface area contributed by atoms with Crippen molar-refractivity contribution < 1.29 is 42.6 Å². The van der Waals surface area contributed by atoms with Crippen LogP contribution in [0.25, 0.3) is 0 Å². The number of nitrogens with two attached hydrogens (primary N) is 2. The number of oxime groups is 1. The van der Waals surface area contributed by atoms with E-state index in [1.807, 2.05) is 0 Å². The standard InChI is InChI=1S/C23H27N7O9S3/c1-38-28-16(14-10-41-23(25)26-14)19(32)27-17-20(33)30-18(22(34)35)12(9-40-21(17)30)8-39-7-11-2-3-13(15(31)6-11)29-42(36,37)5-4-24/h2-3,6,10,17,21,29,31H,4-5,7-9,24H2,1H3,(H2,25,26)(H,27,32)(H,34,35)/t17?,21-/m1/s1. The maximum Gasteiger partial charge on any atom is 0.352 e. The van der Waals surface area contributed by atoms with E-state index in [4.69, 9.17) is 21.0 Å². The van der Waals surface area contributed by atoms with Crippen molar-refractivity contribution in [2.24, 2.45) is 10.9 Å². The number of nitrogens with zero attached hydrogens (tertiary/aromatic N) is 3. The highest BCUT2D eigenvalue weighted by Crippen LogP contribution is 2.40. The van der Waals surface area contributed by atoms with Gasteiger partial charge >= 0.3 is 5.97 Å². The predicted molar refractivity (Wildman–Crippen MR) is 154 cm³/mol. The molecule has 1 aromatic heterocycles. The Labute approximate surface area is 247 Å². The molecule has 2 aliphatic heterocycles. The third-order valence-electron chi connectivity index (χ3n) is 5.96. The zero-order valence-electron chi connectivity index (χ0n) is 22.0. The van der Waals surface area contributed by atoms with Crippen molar-refractivity contribution in [2.45, 2.75) is 18.0 Å². The number of aromatic hydroxyl groups is 1. The summed E-state index contributed by atoms with van der Waals surface area (Å²) in [4.78, 5) is 47.8. The maximum atomic E-state index is 13.0. The van der Waals surface area contributed by atoms with Crippen LogP contribution in [0.2, 0.25) is 0 Å². The smallest absolute Gasteiger partial charge is 0.352 e. The van der Waals surface area contributed by atoms with Gasteiger partial charge in [0.2, 0.25) is 10.0 Å². The SMILES string of the molecule is CON=C(C(=O)NC1C(=O)N2C(C(=O)O)=C(COCc3ccc(NS(=O)(=O)CCN)c(O)c3)CS[C@H]12)c1csc(N)n1. The molecule has 2 aliphatic rings. The summed E-state index contributed by atoms with van der Waals surface area (Å²) in [7, 11) is -2.46. The number of anilines is 2. The molecule has 2 amide bonds.